The summed E-state index contributed by atoms with van der Waals surface area (Å²) in [4.78, 5) is 19.6. The number of carbonyl (C=O) groups excluding carboxylic acids is 1. The number of hydrogen-bond acceptors (Lipinski definition) is 4. The largest absolute Gasteiger partial charge is 0.467 e. The molecule has 0 unspecified atom stereocenters. The van der Waals surface area contributed by atoms with Gasteiger partial charge in [-0.05, 0) is 49.2 Å². The zero-order chi connectivity index (χ0) is 18.8. The standard InChI is InChI=1S/C22H20N2O2S/c1-15-9-10-17(16(2)12-15)13-21(25)24(14-18-6-5-11-26-18)22-23-19-7-3-4-8-20(19)27-22/h3-12H,13-14H2,1-2H3. The molecule has 2 heterocycles. The molecule has 0 fully saturated rings. The second-order valence-corrected chi connectivity index (χ2v) is 7.64. The third-order valence-corrected chi connectivity index (χ3v) is 5.61. The van der Waals surface area contributed by atoms with Crippen molar-refractivity contribution in [3.05, 3.63) is 83.3 Å². The predicted octanol–water partition coefficient (Wildman–Crippen LogP) is 5.28. The summed E-state index contributed by atoms with van der Waals surface area (Å²) in [6.07, 6.45) is 1.96. The van der Waals surface area contributed by atoms with Crippen LogP contribution in [0.5, 0.6) is 0 Å². The topological polar surface area (TPSA) is 46.3 Å². The number of benzene rings is 2. The van der Waals surface area contributed by atoms with E-state index in [1.165, 1.54) is 16.9 Å². The van der Waals surface area contributed by atoms with E-state index >= 15 is 0 Å². The summed E-state index contributed by atoms with van der Waals surface area (Å²) in [5.74, 6) is 0.751. The van der Waals surface area contributed by atoms with Crippen LogP contribution in [0.4, 0.5) is 5.13 Å². The van der Waals surface area contributed by atoms with Crippen molar-refractivity contribution in [1.29, 1.82) is 0 Å². The third-order valence-electron chi connectivity index (χ3n) is 4.55. The molecule has 0 N–H and O–H groups in total. The molecule has 4 rings (SSSR count). The van der Waals surface area contributed by atoms with Crippen molar-refractivity contribution in [2.75, 3.05) is 4.90 Å². The summed E-state index contributed by atoms with van der Waals surface area (Å²) in [7, 11) is 0. The highest BCUT2D eigenvalue weighted by Crippen LogP contribution is 2.30. The maximum Gasteiger partial charge on any atom is 0.233 e. The lowest BCUT2D eigenvalue weighted by Gasteiger charge is -2.19. The Hall–Kier alpha value is -2.92. The fourth-order valence-corrected chi connectivity index (χ4v) is 4.08. The minimum absolute atomic E-state index is 0.0115. The average molecular weight is 376 g/mol. The molecule has 2 aromatic carbocycles. The number of anilines is 1. The molecule has 4 aromatic rings. The maximum absolute atomic E-state index is 13.2. The molecule has 0 aliphatic heterocycles. The number of aryl methyl sites for hydroxylation is 2. The number of hydrogen-bond donors (Lipinski definition) is 0. The molecule has 0 spiro atoms. The average Bonchev–Trinajstić information content (AvgIpc) is 3.30. The van der Waals surface area contributed by atoms with Gasteiger partial charge in [-0.3, -0.25) is 9.69 Å². The van der Waals surface area contributed by atoms with Gasteiger partial charge in [0.25, 0.3) is 0 Å². The second kappa shape index (κ2) is 7.37. The van der Waals surface area contributed by atoms with Crippen molar-refractivity contribution in [1.82, 2.24) is 4.98 Å². The maximum atomic E-state index is 13.2. The molecule has 0 saturated heterocycles. The highest BCUT2D eigenvalue weighted by molar-refractivity contribution is 7.22. The van der Waals surface area contributed by atoms with Crippen LogP contribution in [0.15, 0.2) is 65.3 Å². The summed E-state index contributed by atoms with van der Waals surface area (Å²) in [6.45, 7) is 4.48. The fourth-order valence-electron chi connectivity index (χ4n) is 3.10. The third kappa shape index (κ3) is 3.78. The Morgan fingerprint density at radius 3 is 2.70 bits per heavy atom. The molecule has 0 atom stereocenters. The summed E-state index contributed by atoms with van der Waals surface area (Å²) in [6, 6.07) is 17.8. The van der Waals surface area contributed by atoms with Crippen LogP contribution in [0.3, 0.4) is 0 Å². The van der Waals surface area contributed by atoms with Crippen LogP contribution in [0.25, 0.3) is 10.2 Å². The molecule has 136 valence electrons. The van der Waals surface area contributed by atoms with Gasteiger partial charge >= 0.3 is 0 Å². The van der Waals surface area contributed by atoms with Crippen LogP contribution >= 0.6 is 11.3 Å². The lowest BCUT2D eigenvalue weighted by Crippen LogP contribution is -2.31. The molecule has 0 radical (unpaired) electrons. The number of amides is 1. The van der Waals surface area contributed by atoms with Crippen LogP contribution in [0.1, 0.15) is 22.5 Å². The first-order valence-electron chi connectivity index (χ1n) is 8.84. The van der Waals surface area contributed by atoms with Crippen LogP contribution in [0.2, 0.25) is 0 Å². The van der Waals surface area contributed by atoms with Gasteiger partial charge in [-0.25, -0.2) is 4.98 Å². The molecule has 0 saturated carbocycles. The van der Waals surface area contributed by atoms with Crippen LogP contribution < -0.4 is 4.90 Å². The SMILES string of the molecule is Cc1ccc(CC(=O)N(Cc2ccco2)c2nc3ccccc3s2)c(C)c1. The molecule has 4 nitrogen and oxygen atoms in total. The smallest absolute Gasteiger partial charge is 0.233 e. The van der Waals surface area contributed by atoms with Crippen molar-refractivity contribution < 1.29 is 9.21 Å². The molecular formula is C22H20N2O2S. The van der Waals surface area contributed by atoms with E-state index in [0.717, 1.165) is 27.1 Å². The Kier molecular flexibility index (Phi) is 4.77. The van der Waals surface area contributed by atoms with Crippen molar-refractivity contribution >= 4 is 32.6 Å². The highest BCUT2D eigenvalue weighted by Gasteiger charge is 2.22. The summed E-state index contributed by atoms with van der Waals surface area (Å²) >= 11 is 1.53. The molecule has 1 amide bonds. The van der Waals surface area contributed by atoms with Gasteiger partial charge in [-0.1, -0.05) is 47.2 Å². The van der Waals surface area contributed by atoms with Crippen molar-refractivity contribution in [3.8, 4) is 0 Å². The summed E-state index contributed by atoms with van der Waals surface area (Å²) in [5, 5.41) is 0.697. The van der Waals surface area contributed by atoms with E-state index in [9.17, 15) is 4.79 Å². The monoisotopic (exact) mass is 376 g/mol. The van der Waals surface area contributed by atoms with E-state index < -0.39 is 0 Å². The zero-order valence-corrected chi connectivity index (χ0v) is 16.1. The normalized spacial score (nSPS) is 11.0. The number of fused-ring (bicyclic) bond motifs is 1. The summed E-state index contributed by atoms with van der Waals surface area (Å²) in [5.41, 5.74) is 4.27. The molecule has 0 aliphatic carbocycles. The van der Waals surface area contributed by atoms with Crippen molar-refractivity contribution in [3.63, 3.8) is 0 Å². The molecule has 5 heteroatoms. The number of furan rings is 1. The number of nitrogens with zero attached hydrogens (tertiary/aromatic N) is 2. The molecule has 27 heavy (non-hydrogen) atoms. The minimum Gasteiger partial charge on any atom is -0.467 e. The lowest BCUT2D eigenvalue weighted by molar-refractivity contribution is -0.118. The molecule has 0 bridgehead atoms. The zero-order valence-electron chi connectivity index (χ0n) is 15.3. The number of aromatic nitrogens is 1. The second-order valence-electron chi connectivity index (χ2n) is 6.63. The van der Waals surface area contributed by atoms with E-state index in [-0.39, 0.29) is 5.91 Å². The molecule has 2 aromatic heterocycles. The number of para-hydroxylation sites is 1. The van der Waals surface area contributed by atoms with Crippen molar-refractivity contribution in [2.24, 2.45) is 0 Å². The van der Waals surface area contributed by atoms with Gasteiger partial charge < -0.3 is 4.42 Å². The van der Waals surface area contributed by atoms with E-state index in [1.807, 2.05) is 55.5 Å². The van der Waals surface area contributed by atoms with E-state index in [0.29, 0.717) is 18.1 Å². The Labute approximate surface area is 162 Å². The first kappa shape index (κ1) is 17.5. The number of rotatable bonds is 5. The Morgan fingerprint density at radius 2 is 1.96 bits per heavy atom. The van der Waals surface area contributed by atoms with Crippen LogP contribution in [0, 0.1) is 13.8 Å². The summed E-state index contributed by atoms with van der Waals surface area (Å²) < 4.78 is 6.55. The van der Waals surface area contributed by atoms with Gasteiger partial charge in [0.1, 0.15) is 5.76 Å². The van der Waals surface area contributed by atoms with Gasteiger partial charge in [-0.15, -0.1) is 0 Å². The Bertz CT molecular complexity index is 1050. The van der Waals surface area contributed by atoms with Gasteiger partial charge in [-0.2, -0.15) is 0 Å². The predicted molar refractivity (Wildman–Crippen MR) is 109 cm³/mol. The van der Waals surface area contributed by atoms with Gasteiger partial charge in [0, 0.05) is 0 Å². The minimum atomic E-state index is 0.0115. The van der Waals surface area contributed by atoms with Gasteiger partial charge in [0.2, 0.25) is 5.91 Å². The molecule has 0 aliphatic rings. The number of carbonyl (C=O) groups is 1. The van der Waals surface area contributed by atoms with Crippen LogP contribution in [-0.4, -0.2) is 10.9 Å². The quantitative estimate of drug-likeness (QED) is 0.476. The van der Waals surface area contributed by atoms with Crippen LogP contribution in [-0.2, 0) is 17.8 Å². The highest BCUT2D eigenvalue weighted by atomic mass is 32.1. The van der Waals surface area contributed by atoms with E-state index in [4.69, 9.17) is 4.42 Å². The lowest BCUT2D eigenvalue weighted by atomic mass is 10.0. The first-order chi connectivity index (χ1) is 13.1. The van der Waals surface area contributed by atoms with Crippen molar-refractivity contribution in [2.45, 2.75) is 26.8 Å². The Balaban J connectivity index is 1.67. The van der Waals surface area contributed by atoms with E-state index in [2.05, 4.69) is 18.0 Å². The molecular weight excluding hydrogens is 356 g/mol. The number of thiazole rings is 1. The van der Waals surface area contributed by atoms with E-state index in [1.54, 1.807) is 11.2 Å². The Morgan fingerprint density at radius 1 is 1.11 bits per heavy atom. The van der Waals surface area contributed by atoms with Gasteiger partial charge in [0.15, 0.2) is 5.13 Å². The fraction of sp³-hybridized carbons (Fsp3) is 0.182. The first-order valence-corrected chi connectivity index (χ1v) is 9.66. The van der Waals surface area contributed by atoms with Gasteiger partial charge in [0.05, 0.1) is 29.4 Å².